The van der Waals surface area contributed by atoms with E-state index in [-0.39, 0.29) is 17.9 Å². The molecule has 0 aliphatic heterocycles. The van der Waals surface area contributed by atoms with Gasteiger partial charge in [0.25, 0.3) is 0 Å². The molecule has 2 N–H and O–H groups in total. The quantitative estimate of drug-likeness (QED) is 0.876. The van der Waals surface area contributed by atoms with Gasteiger partial charge in [0.15, 0.2) is 0 Å². The van der Waals surface area contributed by atoms with Crippen molar-refractivity contribution in [2.45, 2.75) is 26.2 Å². The summed E-state index contributed by atoms with van der Waals surface area (Å²) in [5, 5.41) is 5.97. The molecular formula is C19H24N2O2. The van der Waals surface area contributed by atoms with Crippen LogP contribution in [0, 0.1) is 0 Å². The van der Waals surface area contributed by atoms with Crippen LogP contribution in [-0.4, -0.2) is 19.6 Å². The molecule has 0 aliphatic rings. The summed E-state index contributed by atoms with van der Waals surface area (Å²) in [5.74, 6) is 0.620. The highest BCUT2D eigenvalue weighted by atomic mass is 16.5. The van der Waals surface area contributed by atoms with E-state index in [1.807, 2.05) is 48.5 Å². The molecule has 0 saturated carbocycles. The zero-order valence-corrected chi connectivity index (χ0v) is 14.1. The van der Waals surface area contributed by atoms with Crippen LogP contribution in [0.15, 0.2) is 48.5 Å². The second-order valence-electron chi connectivity index (χ2n) is 6.43. The number of anilines is 2. The van der Waals surface area contributed by atoms with Gasteiger partial charge in [0.1, 0.15) is 5.75 Å². The van der Waals surface area contributed by atoms with Crippen LogP contribution in [0.1, 0.15) is 26.3 Å². The van der Waals surface area contributed by atoms with Crippen molar-refractivity contribution in [1.29, 1.82) is 0 Å². The molecule has 0 fully saturated rings. The Balaban J connectivity index is 1.92. The second-order valence-corrected chi connectivity index (χ2v) is 6.43. The van der Waals surface area contributed by atoms with Crippen LogP contribution in [0.25, 0.3) is 0 Å². The normalized spacial score (nSPS) is 11.0. The predicted octanol–water partition coefficient (Wildman–Crippen LogP) is 4.04. The van der Waals surface area contributed by atoms with Crippen molar-refractivity contribution in [3.8, 4) is 5.75 Å². The zero-order chi connectivity index (χ0) is 16.9. The molecule has 122 valence electrons. The number of nitrogens with one attached hydrogen (secondary N) is 2. The maximum absolute atomic E-state index is 12.1. The molecule has 2 aromatic rings. The van der Waals surface area contributed by atoms with E-state index < -0.39 is 0 Å². The monoisotopic (exact) mass is 312 g/mol. The molecule has 4 nitrogen and oxygen atoms in total. The van der Waals surface area contributed by atoms with Gasteiger partial charge in [0.05, 0.1) is 19.3 Å². The Bertz CT molecular complexity index is 658. The van der Waals surface area contributed by atoms with Gasteiger partial charge in [0.2, 0.25) is 5.91 Å². The topological polar surface area (TPSA) is 50.4 Å². The number of methoxy groups -OCH3 is 1. The Hall–Kier alpha value is -2.49. The summed E-state index contributed by atoms with van der Waals surface area (Å²) in [6, 6.07) is 15.5. The van der Waals surface area contributed by atoms with Gasteiger partial charge in [-0.15, -0.1) is 0 Å². The minimum absolute atomic E-state index is 0.0978. The number of carbonyl (C=O) groups excluding carboxylic acids is 1. The molecule has 0 atom stereocenters. The SMILES string of the molecule is COc1ccccc1NCC(=O)Nc1ccc(C(C)(C)C)cc1. The minimum Gasteiger partial charge on any atom is -0.495 e. The van der Waals surface area contributed by atoms with Crippen molar-refractivity contribution in [2.24, 2.45) is 0 Å². The number of hydrogen-bond donors (Lipinski definition) is 2. The fourth-order valence-corrected chi connectivity index (χ4v) is 2.22. The summed E-state index contributed by atoms with van der Waals surface area (Å²) in [5.41, 5.74) is 2.94. The average molecular weight is 312 g/mol. The Kier molecular flexibility index (Phi) is 5.27. The minimum atomic E-state index is -0.0978. The van der Waals surface area contributed by atoms with Gasteiger partial charge >= 0.3 is 0 Å². The van der Waals surface area contributed by atoms with Crippen molar-refractivity contribution < 1.29 is 9.53 Å². The van der Waals surface area contributed by atoms with Gasteiger partial charge in [-0.25, -0.2) is 0 Å². The molecule has 0 unspecified atom stereocenters. The summed E-state index contributed by atoms with van der Waals surface area (Å²) in [6.07, 6.45) is 0. The molecule has 0 aliphatic carbocycles. The van der Waals surface area contributed by atoms with E-state index in [1.165, 1.54) is 5.56 Å². The molecule has 0 heterocycles. The van der Waals surface area contributed by atoms with Crippen molar-refractivity contribution in [3.63, 3.8) is 0 Å². The summed E-state index contributed by atoms with van der Waals surface area (Å²) in [7, 11) is 1.61. The third kappa shape index (κ3) is 4.74. The summed E-state index contributed by atoms with van der Waals surface area (Å²) in [6.45, 7) is 6.68. The van der Waals surface area contributed by atoms with Crippen molar-refractivity contribution in [3.05, 3.63) is 54.1 Å². The largest absolute Gasteiger partial charge is 0.495 e. The lowest BCUT2D eigenvalue weighted by atomic mass is 9.87. The van der Waals surface area contributed by atoms with Crippen LogP contribution in [-0.2, 0) is 10.2 Å². The number of ether oxygens (including phenoxy) is 1. The number of para-hydroxylation sites is 2. The van der Waals surface area contributed by atoms with Crippen molar-refractivity contribution >= 4 is 17.3 Å². The van der Waals surface area contributed by atoms with E-state index in [1.54, 1.807) is 7.11 Å². The van der Waals surface area contributed by atoms with Gasteiger partial charge in [-0.3, -0.25) is 4.79 Å². The van der Waals surface area contributed by atoms with E-state index in [2.05, 4.69) is 31.4 Å². The number of benzene rings is 2. The molecular weight excluding hydrogens is 288 g/mol. The van der Waals surface area contributed by atoms with Crippen LogP contribution < -0.4 is 15.4 Å². The van der Waals surface area contributed by atoms with E-state index in [9.17, 15) is 4.79 Å². The van der Waals surface area contributed by atoms with Gasteiger partial charge in [-0.1, -0.05) is 45.0 Å². The molecule has 0 spiro atoms. The lowest BCUT2D eigenvalue weighted by Crippen LogP contribution is -2.22. The molecule has 0 saturated heterocycles. The number of carbonyl (C=O) groups is 1. The smallest absolute Gasteiger partial charge is 0.243 e. The molecule has 0 bridgehead atoms. The first-order chi connectivity index (χ1) is 10.9. The summed E-state index contributed by atoms with van der Waals surface area (Å²) < 4.78 is 5.25. The third-order valence-electron chi connectivity index (χ3n) is 3.58. The fourth-order valence-electron chi connectivity index (χ4n) is 2.22. The standard InChI is InChI=1S/C19H24N2O2/c1-19(2,3)14-9-11-15(12-10-14)21-18(22)13-20-16-7-5-6-8-17(16)23-4/h5-12,20H,13H2,1-4H3,(H,21,22). The molecule has 2 rings (SSSR count). The Morgan fingerprint density at radius 3 is 2.30 bits per heavy atom. The lowest BCUT2D eigenvalue weighted by molar-refractivity contribution is -0.114. The van der Waals surface area contributed by atoms with Gasteiger partial charge < -0.3 is 15.4 Å². The summed E-state index contributed by atoms with van der Waals surface area (Å²) >= 11 is 0. The molecule has 2 aromatic carbocycles. The fraction of sp³-hybridized carbons (Fsp3) is 0.316. The number of hydrogen-bond acceptors (Lipinski definition) is 3. The Morgan fingerprint density at radius 2 is 1.70 bits per heavy atom. The lowest BCUT2D eigenvalue weighted by Gasteiger charge is -2.19. The van der Waals surface area contributed by atoms with E-state index in [0.29, 0.717) is 0 Å². The van der Waals surface area contributed by atoms with E-state index in [4.69, 9.17) is 4.74 Å². The Labute approximate surface area is 137 Å². The predicted molar refractivity (Wildman–Crippen MR) is 95.3 cm³/mol. The average Bonchev–Trinajstić information content (AvgIpc) is 2.53. The van der Waals surface area contributed by atoms with Crippen LogP contribution in [0.5, 0.6) is 5.75 Å². The van der Waals surface area contributed by atoms with Crippen molar-refractivity contribution in [2.75, 3.05) is 24.3 Å². The second kappa shape index (κ2) is 7.18. The van der Waals surface area contributed by atoms with Crippen molar-refractivity contribution in [1.82, 2.24) is 0 Å². The van der Waals surface area contributed by atoms with Crippen LogP contribution >= 0.6 is 0 Å². The summed E-state index contributed by atoms with van der Waals surface area (Å²) in [4.78, 5) is 12.1. The van der Waals surface area contributed by atoms with Crippen LogP contribution in [0.3, 0.4) is 0 Å². The first-order valence-electron chi connectivity index (χ1n) is 7.67. The van der Waals surface area contributed by atoms with Gasteiger partial charge in [-0.2, -0.15) is 0 Å². The van der Waals surface area contributed by atoms with E-state index in [0.717, 1.165) is 17.1 Å². The first-order valence-corrected chi connectivity index (χ1v) is 7.67. The molecule has 4 heteroatoms. The van der Waals surface area contributed by atoms with E-state index >= 15 is 0 Å². The van der Waals surface area contributed by atoms with Gasteiger partial charge in [-0.05, 0) is 35.2 Å². The third-order valence-corrected chi connectivity index (χ3v) is 3.58. The molecule has 1 amide bonds. The molecule has 23 heavy (non-hydrogen) atoms. The maximum Gasteiger partial charge on any atom is 0.243 e. The highest BCUT2D eigenvalue weighted by Crippen LogP contribution is 2.24. The maximum atomic E-state index is 12.1. The zero-order valence-electron chi connectivity index (χ0n) is 14.1. The molecule has 0 radical (unpaired) electrons. The Morgan fingerprint density at radius 1 is 1.04 bits per heavy atom. The highest BCUT2D eigenvalue weighted by molar-refractivity contribution is 5.93. The van der Waals surface area contributed by atoms with Crippen LogP contribution in [0.4, 0.5) is 11.4 Å². The number of rotatable bonds is 5. The molecule has 0 aromatic heterocycles. The van der Waals surface area contributed by atoms with Crippen LogP contribution in [0.2, 0.25) is 0 Å². The highest BCUT2D eigenvalue weighted by Gasteiger charge is 2.13. The number of amides is 1. The van der Waals surface area contributed by atoms with Gasteiger partial charge in [0, 0.05) is 5.69 Å². The first kappa shape index (κ1) is 16.9.